The Bertz CT molecular complexity index is 888. The van der Waals surface area contributed by atoms with E-state index in [0.29, 0.717) is 27.7 Å². The van der Waals surface area contributed by atoms with Crippen LogP contribution in [0, 0.1) is 0 Å². The van der Waals surface area contributed by atoms with Gasteiger partial charge in [0.15, 0.2) is 0 Å². The molecule has 0 N–H and O–H groups in total. The minimum absolute atomic E-state index is 0.0128. The van der Waals surface area contributed by atoms with Crippen LogP contribution in [0.2, 0.25) is 5.02 Å². The van der Waals surface area contributed by atoms with E-state index in [9.17, 15) is 14.4 Å². The lowest BCUT2D eigenvalue weighted by molar-refractivity contribution is -0.125. The maximum atomic E-state index is 12.4. The molecule has 0 aliphatic carbocycles. The summed E-state index contributed by atoms with van der Waals surface area (Å²) in [5, 5.41) is 0.0275. The third kappa shape index (κ3) is 3.79. The highest BCUT2D eigenvalue weighted by molar-refractivity contribution is 8.14. The third-order valence-corrected chi connectivity index (χ3v) is 5.33. The first-order valence-corrected chi connectivity index (χ1v) is 9.48. The summed E-state index contributed by atoms with van der Waals surface area (Å²) in [4.78, 5) is 39.0. The first-order valence-electron chi connectivity index (χ1n) is 8.12. The van der Waals surface area contributed by atoms with E-state index in [2.05, 4.69) is 0 Å². The molecule has 0 bridgehead atoms. The molecule has 140 valence electrons. The molecule has 27 heavy (non-hydrogen) atoms. The van der Waals surface area contributed by atoms with E-state index in [1.54, 1.807) is 24.3 Å². The Labute approximate surface area is 166 Å². The average molecular weight is 405 g/mol. The van der Waals surface area contributed by atoms with Gasteiger partial charge in [-0.05, 0) is 24.3 Å². The molecule has 8 heteroatoms. The molecule has 1 fully saturated rings. The molecule has 1 aliphatic rings. The minimum Gasteiger partial charge on any atom is -0.494 e. The zero-order valence-corrected chi connectivity index (χ0v) is 16.3. The van der Waals surface area contributed by atoms with Crippen LogP contribution in [-0.2, 0) is 16.1 Å². The van der Waals surface area contributed by atoms with Gasteiger partial charge in [0.05, 0.1) is 25.1 Å². The number of hydrogen-bond acceptors (Lipinski definition) is 5. The molecule has 0 saturated carbocycles. The second kappa shape index (κ2) is 8.02. The largest absolute Gasteiger partial charge is 0.494 e. The van der Waals surface area contributed by atoms with Gasteiger partial charge in [0.1, 0.15) is 5.75 Å². The van der Waals surface area contributed by atoms with Crippen molar-refractivity contribution in [3.8, 4) is 5.75 Å². The lowest BCUT2D eigenvalue weighted by Gasteiger charge is -2.26. The van der Waals surface area contributed by atoms with Crippen molar-refractivity contribution in [2.24, 2.45) is 0 Å². The van der Waals surface area contributed by atoms with Crippen LogP contribution < -0.4 is 9.64 Å². The second-order valence-electron chi connectivity index (χ2n) is 5.80. The zero-order valence-electron chi connectivity index (χ0n) is 14.8. The number of thioether (sulfide) groups is 1. The summed E-state index contributed by atoms with van der Waals surface area (Å²) in [6.45, 7) is 1.44. The quantitative estimate of drug-likeness (QED) is 0.746. The Hall–Kier alpha value is -2.51. The molecular weight excluding hydrogens is 388 g/mol. The van der Waals surface area contributed by atoms with Gasteiger partial charge in [-0.2, -0.15) is 0 Å². The van der Waals surface area contributed by atoms with E-state index < -0.39 is 0 Å². The fourth-order valence-electron chi connectivity index (χ4n) is 2.90. The standard InChI is InChI=1S/C19H17ClN2O4S/c1-12(23)22(13-6-4-3-5-7-13)16-9-8-15(20)14(18(16)26-2)10-21-17(24)11-27-19(21)25/h3-9H,10-11H2,1-2H3. The van der Waals surface area contributed by atoms with Gasteiger partial charge in [0, 0.05) is 23.2 Å². The number of hydrogen-bond donors (Lipinski definition) is 0. The predicted molar refractivity (Wildman–Crippen MR) is 106 cm³/mol. The number of para-hydroxylation sites is 1. The van der Waals surface area contributed by atoms with Gasteiger partial charge in [-0.1, -0.05) is 41.6 Å². The van der Waals surface area contributed by atoms with Crippen LogP contribution in [0.15, 0.2) is 42.5 Å². The lowest BCUT2D eigenvalue weighted by atomic mass is 10.1. The molecule has 0 aromatic heterocycles. The van der Waals surface area contributed by atoms with Crippen molar-refractivity contribution in [1.29, 1.82) is 0 Å². The summed E-state index contributed by atoms with van der Waals surface area (Å²) >= 11 is 7.30. The summed E-state index contributed by atoms with van der Waals surface area (Å²) in [7, 11) is 1.46. The third-order valence-electron chi connectivity index (χ3n) is 4.11. The van der Waals surface area contributed by atoms with E-state index in [-0.39, 0.29) is 29.4 Å². The molecule has 0 radical (unpaired) electrons. The Morgan fingerprint density at radius 1 is 1.22 bits per heavy atom. The van der Waals surface area contributed by atoms with Gasteiger partial charge >= 0.3 is 0 Å². The van der Waals surface area contributed by atoms with E-state index >= 15 is 0 Å². The number of halogens is 1. The van der Waals surface area contributed by atoms with Gasteiger partial charge in [-0.25, -0.2) is 0 Å². The summed E-state index contributed by atoms with van der Waals surface area (Å²) < 4.78 is 5.56. The predicted octanol–water partition coefficient (Wildman–Crippen LogP) is 4.23. The van der Waals surface area contributed by atoms with Gasteiger partial charge in [0.25, 0.3) is 5.24 Å². The van der Waals surface area contributed by atoms with Crippen LogP contribution in [0.4, 0.5) is 16.2 Å². The van der Waals surface area contributed by atoms with Crippen molar-refractivity contribution in [2.45, 2.75) is 13.5 Å². The summed E-state index contributed by atoms with van der Waals surface area (Å²) in [5.41, 5.74) is 1.63. The molecule has 1 heterocycles. The van der Waals surface area contributed by atoms with Crippen molar-refractivity contribution < 1.29 is 19.1 Å². The maximum absolute atomic E-state index is 12.4. The van der Waals surface area contributed by atoms with Crippen molar-refractivity contribution >= 4 is 51.8 Å². The van der Waals surface area contributed by atoms with Crippen LogP contribution in [0.25, 0.3) is 0 Å². The van der Waals surface area contributed by atoms with E-state index in [4.69, 9.17) is 16.3 Å². The topological polar surface area (TPSA) is 66.9 Å². The van der Waals surface area contributed by atoms with Crippen LogP contribution >= 0.6 is 23.4 Å². The Morgan fingerprint density at radius 3 is 2.48 bits per heavy atom. The summed E-state index contributed by atoms with van der Waals surface area (Å²) in [5.74, 6) is -0.0297. The number of rotatable bonds is 5. The highest BCUT2D eigenvalue weighted by atomic mass is 35.5. The Balaban J connectivity index is 2.10. The number of carbonyl (C=O) groups excluding carboxylic acids is 3. The van der Waals surface area contributed by atoms with Crippen molar-refractivity contribution in [3.63, 3.8) is 0 Å². The number of imide groups is 1. The fraction of sp³-hybridized carbons (Fsp3) is 0.211. The van der Waals surface area contributed by atoms with Crippen LogP contribution in [0.1, 0.15) is 12.5 Å². The second-order valence-corrected chi connectivity index (χ2v) is 7.14. The summed E-state index contributed by atoms with van der Waals surface area (Å²) in [6, 6.07) is 12.4. The highest BCUT2D eigenvalue weighted by Gasteiger charge is 2.32. The SMILES string of the molecule is COc1c(N(C(C)=O)c2ccccc2)ccc(Cl)c1CN1C(=O)CSC1=O. The highest BCUT2D eigenvalue weighted by Crippen LogP contribution is 2.41. The number of ether oxygens (including phenoxy) is 1. The number of benzene rings is 2. The zero-order chi connectivity index (χ0) is 19.6. The van der Waals surface area contributed by atoms with Gasteiger partial charge in [-0.3, -0.25) is 24.2 Å². The Kier molecular flexibility index (Phi) is 5.72. The average Bonchev–Trinajstić information content (AvgIpc) is 2.97. The van der Waals surface area contributed by atoms with Crippen LogP contribution in [0.5, 0.6) is 5.75 Å². The van der Waals surface area contributed by atoms with E-state index in [1.807, 2.05) is 18.2 Å². The first-order chi connectivity index (χ1) is 12.9. The van der Waals surface area contributed by atoms with Gasteiger partial charge in [-0.15, -0.1) is 0 Å². The maximum Gasteiger partial charge on any atom is 0.289 e. The minimum atomic E-state index is -0.324. The number of methoxy groups -OCH3 is 1. The molecule has 3 rings (SSSR count). The number of carbonyl (C=O) groups is 3. The lowest BCUT2D eigenvalue weighted by Crippen LogP contribution is -2.29. The molecule has 2 aromatic carbocycles. The smallest absolute Gasteiger partial charge is 0.289 e. The molecule has 6 nitrogen and oxygen atoms in total. The molecule has 2 aromatic rings. The number of anilines is 2. The van der Waals surface area contributed by atoms with Crippen LogP contribution in [0.3, 0.4) is 0 Å². The Morgan fingerprint density at radius 2 is 1.93 bits per heavy atom. The van der Waals surface area contributed by atoms with Gasteiger partial charge < -0.3 is 4.74 Å². The van der Waals surface area contributed by atoms with Crippen molar-refractivity contribution in [3.05, 3.63) is 53.1 Å². The van der Waals surface area contributed by atoms with E-state index in [0.717, 1.165) is 16.7 Å². The molecular formula is C19H17ClN2O4S. The molecule has 1 saturated heterocycles. The number of nitrogens with zero attached hydrogens (tertiary/aromatic N) is 2. The fourth-order valence-corrected chi connectivity index (χ4v) is 3.84. The monoisotopic (exact) mass is 404 g/mol. The molecule has 1 aliphatic heterocycles. The number of amides is 3. The van der Waals surface area contributed by atoms with Gasteiger partial charge in [0.2, 0.25) is 11.8 Å². The molecule has 0 atom stereocenters. The molecule has 0 spiro atoms. The van der Waals surface area contributed by atoms with Crippen LogP contribution in [-0.4, -0.2) is 34.8 Å². The first kappa shape index (κ1) is 19.3. The van der Waals surface area contributed by atoms with E-state index in [1.165, 1.54) is 18.9 Å². The summed E-state index contributed by atoms with van der Waals surface area (Å²) in [6.07, 6.45) is 0. The van der Waals surface area contributed by atoms with Crippen molar-refractivity contribution in [1.82, 2.24) is 4.90 Å². The molecule has 3 amide bonds. The van der Waals surface area contributed by atoms with Crippen molar-refractivity contribution in [2.75, 3.05) is 17.8 Å². The normalized spacial score (nSPS) is 13.8. The molecule has 0 unspecified atom stereocenters.